The van der Waals surface area contributed by atoms with Crippen LogP contribution < -0.4 is 9.64 Å². The molecule has 0 saturated carbocycles. The summed E-state index contributed by atoms with van der Waals surface area (Å²) in [5.41, 5.74) is 0. The summed E-state index contributed by atoms with van der Waals surface area (Å²) in [6.07, 6.45) is 0. The summed E-state index contributed by atoms with van der Waals surface area (Å²) in [6, 6.07) is 0.435. The van der Waals surface area contributed by atoms with Gasteiger partial charge in [-0.1, -0.05) is 0 Å². The molecule has 7 nitrogen and oxygen atoms in total. The highest BCUT2D eigenvalue weighted by Gasteiger charge is 2.14. The van der Waals surface area contributed by atoms with Crippen LogP contribution in [0.5, 0.6) is 6.01 Å². The van der Waals surface area contributed by atoms with Crippen LogP contribution in [0.2, 0.25) is 0 Å². The van der Waals surface area contributed by atoms with Gasteiger partial charge in [-0.05, 0) is 27.7 Å². The van der Waals surface area contributed by atoms with Crippen LogP contribution >= 0.6 is 0 Å². The smallest absolute Gasteiger partial charge is 0.324 e. The van der Waals surface area contributed by atoms with Gasteiger partial charge in [-0.25, -0.2) is 0 Å². The molecule has 0 spiro atoms. The molecule has 0 aromatic carbocycles. The van der Waals surface area contributed by atoms with Gasteiger partial charge in [0, 0.05) is 13.1 Å². The maximum Gasteiger partial charge on any atom is 0.324 e. The molecule has 0 saturated heterocycles. The van der Waals surface area contributed by atoms with Crippen LogP contribution in [0.25, 0.3) is 5.78 Å². The molecule has 18 heavy (non-hydrogen) atoms. The first-order chi connectivity index (χ1) is 8.69. The predicted octanol–water partition coefficient (Wildman–Crippen LogP) is 1.07. The number of hydrogen-bond acceptors (Lipinski definition) is 6. The average molecular weight is 250 g/mol. The van der Waals surface area contributed by atoms with Gasteiger partial charge in [-0.3, -0.25) is 0 Å². The predicted molar refractivity (Wildman–Crippen MR) is 68.0 cm³/mol. The number of rotatable bonds is 5. The fraction of sp³-hybridized carbons (Fsp3) is 0.636. The first-order valence-corrected chi connectivity index (χ1v) is 6.18. The minimum Gasteiger partial charge on any atom is -0.464 e. The molecule has 0 radical (unpaired) electrons. The van der Waals surface area contributed by atoms with Crippen LogP contribution in [0.3, 0.4) is 0 Å². The highest BCUT2D eigenvalue weighted by molar-refractivity contribution is 5.40. The van der Waals surface area contributed by atoms with Crippen LogP contribution in [0.4, 0.5) is 5.95 Å². The Morgan fingerprint density at radius 3 is 2.44 bits per heavy atom. The zero-order chi connectivity index (χ0) is 13.1. The lowest BCUT2D eigenvalue weighted by Crippen LogP contribution is -2.25. The number of fused-ring (bicyclic) bond motifs is 1. The van der Waals surface area contributed by atoms with E-state index in [1.807, 2.05) is 18.7 Å². The number of nitrogens with zero attached hydrogens (tertiary/aromatic N) is 6. The van der Waals surface area contributed by atoms with Crippen LogP contribution in [0.15, 0.2) is 0 Å². The Morgan fingerprint density at radius 1 is 1.11 bits per heavy atom. The van der Waals surface area contributed by atoms with Crippen LogP contribution in [0.1, 0.15) is 26.6 Å². The van der Waals surface area contributed by atoms with E-state index in [1.54, 1.807) is 0 Å². The van der Waals surface area contributed by atoms with Gasteiger partial charge in [0.05, 0.1) is 6.61 Å². The summed E-state index contributed by atoms with van der Waals surface area (Å²) in [5, 5.41) is 4.22. The molecule has 2 rings (SSSR count). The van der Waals surface area contributed by atoms with Crippen LogP contribution in [-0.4, -0.2) is 44.3 Å². The maximum absolute atomic E-state index is 5.49. The summed E-state index contributed by atoms with van der Waals surface area (Å²) in [6.45, 7) is 10.1. The van der Waals surface area contributed by atoms with E-state index in [2.05, 4.69) is 33.9 Å². The number of ether oxygens (including phenoxy) is 1. The average Bonchev–Trinajstić information content (AvgIpc) is 2.72. The minimum atomic E-state index is 0.435. The minimum absolute atomic E-state index is 0.435. The van der Waals surface area contributed by atoms with Crippen molar-refractivity contribution in [3.63, 3.8) is 0 Å². The number of aryl methyl sites for hydroxylation is 1. The van der Waals surface area contributed by atoms with Gasteiger partial charge in [0.1, 0.15) is 0 Å². The Hall–Kier alpha value is -1.92. The highest BCUT2D eigenvalue weighted by atomic mass is 16.5. The third kappa shape index (κ3) is 2.20. The van der Waals surface area contributed by atoms with E-state index >= 15 is 0 Å². The van der Waals surface area contributed by atoms with Gasteiger partial charge in [0.15, 0.2) is 5.82 Å². The second kappa shape index (κ2) is 5.16. The van der Waals surface area contributed by atoms with Crippen molar-refractivity contribution >= 4 is 11.7 Å². The third-order valence-corrected chi connectivity index (χ3v) is 2.59. The van der Waals surface area contributed by atoms with E-state index in [4.69, 9.17) is 4.74 Å². The summed E-state index contributed by atoms with van der Waals surface area (Å²) >= 11 is 0. The quantitative estimate of drug-likeness (QED) is 0.790. The van der Waals surface area contributed by atoms with Crippen LogP contribution in [0, 0.1) is 6.92 Å². The molecular formula is C11H18N6O. The lowest BCUT2D eigenvalue weighted by atomic mass is 10.5. The summed E-state index contributed by atoms with van der Waals surface area (Å²) < 4.78 is 7.03. The fourth-order valence-corrected chi connectivity index (χ4v) is 1.72. The van der Waals surface area contributed by atoms with E-state index in [0.29, 0.717) is 30.2 Å². The molecule has 0 amide bonds. The van der Waals surface area contributed by atoms with E-state index in [1.165, 1.54) is 4.52 Å². The van der Waals surface area contributed by atoms with E-state index in [0.717, 1.165) is 13.1 Å². The number of hydrogen-bond donors (Lipinski definition) is 0. The molecule has 0 N–H and O–H groups in total. The van der Waals surface area contributed by atoms with Crippen molar-refractivity contribution in [3.8, 4) is 6.01 Å². The summed E-state index contributed by atoms with van der Waals surface area (Å²) in [4.78, 5) is 15.1. The number of aromatic nitrogens is 5. The van der Waals surface area contributed by atoms with Gasteiger partial charge >= 0.3 is 6.01 Å². The van der Waals surface area contributed by atoms with Gasteiger partial charge in [-0.2, -0.15) is 15.0 Å². The molecule has 0 fully saturated rings. The Morgan fingerprint density at radius 2 is 1.83 bits per heavy atom. The van der Waals surface area contributed by atoms with Crippen molar-refractivity contribution in [2.45, 2.75) is 27.7 Å². The van der Waals surface area contributed by atoms with E-state index < -0.39 is 0 Å². The normalized spacial score (nSPS) is 10.9. The van der Waals surface area contributed by atoms with E-state index in [-0.39, 0.29) is 0 Å². The van der Waals surface area contributed by atoms with Crippen molar-refractivity contribution in [2.75, 3.05) is 24.6 Å². The Bertz CT molecular complexity index is 534. The third-order valence-electron chi connectivity index (χ3n) is 2.59. The van der Waals surface area contributed by atoms with Crippen molar-refractivity contribution in [1.82, 2.24) is 24.6 Å². The topological polar surface area (TPSA) is 68.4 Å². The molecule has 98 valence electrons. The van der Waals surface area contributed by atoms with E-state index in [9.17, 15) is 0 Å². The second-order valence-electron chi connectivity index (χ2n) is 3.78. The fourth-order valence-electron chi connectivity index (χ4n) is 1.72. The molecular weight excluding hydrogens is 232 g/mol. The summed E-state index contributed by atoms with van der Waals surface area (Å²) in [5.74, 6) is 1.80. The zero-order valence-electron chi connectivity index (χ0n) is 11.2. The standard InChI is InChI=1S/C11H18N6O/c1-5-16(6-2)9-13-10-12-8(4)15-17(10)11(14-9)18-7-3/h5-7H2,1-4H3. The zero-order valence-corrected chi connectivity index (χ0v) is 11.2. The lowest BCUT2D eigenvalue weighted by Gasteiger charge is -2.18. The maximum atomic E-state index is 5.49. The molecule has 7 heteroatoms. The van der Waals surface area contributed by atoms with Crippen molar-refractivity contribution < 1.29 is 4.74 Å². The Kier molecular flexibility index (Phi) is 3.59. The lowest BCUT2D eigenvalue weighted by molar-refractivity contribution is 0.302. The van der Waals surface area contributed by atoms with Gasteiger partial charge in [0.25, 0.3) is 5.78 Å². The van der Waals surface area contributed by atoms with Gasteiger partial charge in [-0.15, -0.1) is 9.61 Å². The van der Waals surface area contributed by atoms with Gasteiger partial charge < -0.3 is 9.64 Å². The Labute approximate surface area is 106 Å². The molecule has 0 unspecified atom stereocenters. The molecule has 0 aliphatic rings. The molecule has 2 heterocycles. The summed E-state index contributed by atoms with van der Waals surface area (Å²) in [7, 11) is 0. The molecule has 0 bridgehead atoms. The molecule has 0 aliphatic carbocycles. The van der Waals surface area contributed by atoms with Crippen molar-refractivity contribution in [3.05, 3.63) is 5.82 Å². The first-order valence-electron chi connectivity index (χ1n) is 6.18. The van der Waals surface area contributed by atoms with Crippen molar-refractivity contribution in [1.29, 1.82) is 0 Å². The first kappa shape index (κ1) is 12.5. The van der Waals surface area contributed by atoms with Crippen LogP contribution in [-0.2, 0) is 0 Å². The van der Waals surface area contributed by atoms with Gasteiger partial charge in [0.2, 0.25) is 5.95 Å². The largest absolute Gasteiger partial charge is 0.464 e. The molecule has 2 aromatic heterocycles. The second-order valence-corrected chi connectivity index (χ2v) is 3.78. The Balaban J connectivity index is 2.55. The molecule has 2 aromatic rings. The number of anilines is 1. The monoisotopic (exact) mass is 250 g/mol. The SMILES string of the molecule is CCOc1nc(N(CC)CC)nc2nc(C)nn12. The highest BCUT2D eigenvalue weighted by Crippen LogP contribution is 2.15. The van der Waals surface area contributed by atoms with Crippen molar-refractivity contribution in [2.24, 2.45) is 0 Å². The molecule has 0 aliphatic heterocycles. The molecule has 0 atom stereocenters.